The molecule has 2 aromatic heterocycles. The first kappa shape index (κ1) is 15.3. The molecule has 0 aliphatic heterocycles. The lowest BCUT2D eigenvalue weighted by molar-refractivity contribution is 0.570. The quantitative estimate of drug-likeness (QED) is 0.872. The SMILES string of the molecule is CCc1ccc(CNC(C)c2c(C)nn(CC)c2C)s1. The Hall–Kier alpha value is -1.13. The molecule has 2 rings (SSSR count). The highest BCUT2D eigenvalue weighted by atomic mass is 32.1. The van der Waals surface area contributed by atoms with Gasteiger partial charge >= 0.3 is 0 Å². The molecule has 1 N–H and O–H groups in total. The van der Waals surface area contributed by atoms with Gasteiger partial charge in [0.25, 0.3) is 0 Å². The van der Waals surface area contributed by atoms with E-state index in [0.717, 1.165) is 25.2 Å². The smallest absolute Gasteiger partial charge is 0.0644 e. The molecule has 0 aliphatic rings. The zero-order chi connectivity index (χ0) is 14.7. The van der Waals surface area contributed by atoms with Crippen molar-refractivity contribution in [3.63, 3.8) is 0 Å². The van der Waals surface area contributed by atoms with E-state index < -0.39 is 0 Å². The van der Waals surface area contributed by atoms with E-state index in [-0.39, 0.29) is 0 Å². The van der Waals surface area contributed by atoms with Crippen molar-refractivity contribution in [1.29, 1.82) is 0 Å². The predicted molar refractivity (Wildman–Crippen MR) is 86.3 cm³/mol. The highest BCUT2D eigenvalue weighted by Crippen LogP contribution is 2.23. The van der Waals surface area contributed by atoms with E-state index in [2.05, 4.69) is 61.8 Å². The largest absolute Gasteiger partial charge is 0.305 e. The number of nitrogens with one attached hydrogen (secondary N) is 1. The highest BCUT2D eigenvalue weighted by molar-refractivity contribution is 7.11. The third-order valence-corrected chi connectivity index (χ3v) is 5.05. The van der Waals surface area contributed by atoms with Gasteiger partial charge in [-0.25, -0.2) is 0 Å². The molecule has 0 amide bonds. The molecule has 0 saturated heterocycles. The number of aryl methyl sites for hydroxylation is 3. The second kappa shape index (κ2) is 6.55. The number of nitrogens with zero attached hydrogens (tertiary/aromatic N) is 2. The van der Waals surface area contributed by atoms with Crippen LogP contribution in [0, 0.1) is 13.8 Å². The Balaban J connectivity index is 2.04. The van der Waals surface area contributed by atoms with Crippen LogP contribution < -0.4 is 5.32 Å². The molecule has 0 fully saturated rings. The summed E-state index contributed by atoms with van der Waals surface area (Å²) in [5.74, 6) is 0. The van der Waals surface area contributed by atoms with Gasteiger partial charge in [-0.3, -0.25) is 4.68 Å². The summed E-state index contributed by atoms with van der Waals surface area (Å²) < 4.78 is 2.09. The summed E-state index contributed by atoms with van der Waals surface area (Å²) in [5, 5.41) is 8.23. The van der Waals surface area contributed by atoms with Crippen molar-refractivity contribution in [3.8, 4) is 0 Å². The number of aromatic nitrogens is 2. The Bertz CT molecular complexity index is 568. The topological polar surface area (TPSA) is 29.9 Å². The van der Waals surface area contributed by atoms with Crippen molar-refractivity contribution < 1.29 is 0 Å². The maximum atomic E-state index is 4.60. The first-order chi connectivity index (χ1) is 9.56. The molecular weight excluding hydrogens is 266 g/mol. The fraction of sp³-hybridized carbons (Fsp3) is 0.562. The van der Waals surface area contributed by atoms with Crippen molar-refractivity contribution in [2.75, 3.05) is 0 Å². The van der Waals surface area contributed by atoms with E-state index in [1.807, 2.05) is 11.3 Å². The molecule has 2 heterocycles. The number of hydrogen-bond donors (Lipinski definition) is 1. The monoisotopic (exact) mass is 291 g/mol. The van der Waals surface area contributed by atoms with Gasteiger partial charge < -0.3 is 5.32 Å². The Kier molecular flexibility index (Phi) is 5.00. The van der Waals surface area contributed by atoms with Crippen molar-refractivity contribution in [2.45, 2.75) is 60.2 Å². The van der Waals surface area contributed by atoms with Crippen LogP contribution in [-0.2, 0) is 19.5 Å². The molecule has 1 unspecified atom stereocenters. The molecule has 2 aromatic rings. The molecule has 0 saturated carbocycles. The number of thiophene rings is 1. The van der Waals surface area contributed by atoms with Gasteiger partial charge in [-0.2, -0.15) is 5.10 Å². The van der Waals surface area contributed by atoms with Gasteiger partial charge in [-0.15, -0.1) is 11.3 Å². The molecule has 20 heavy (non-hydrogen) atoms. The van der Waals surface area contributed by atoms with Gasteiger partial charge in [0.05, 0.1) is 5.69 Å². The fourth-order valence-corrected chi connectivity index (χ4v) is 3.62. The van der Waals surface area contributed by atoms with Crippen LogP contribution >= 0.6 is 11.3 Å². The molecule has 1 atom stereocenters. The third-order valence-electron chi connectivity index (χ3n) is 3.82. The molecule has 3 nitrogen and oxygen atoms in total. The van der Waals surface area contributed by atoms with E-state index in [0.29, 0.717) is 6.04 Å². The summed E-state index contributed by atoms with van der Waals surface area (Å²) in [5.41, 5.74) is 3.77. The van der Waals surface area contributed by atoms with Crippen LogP contribution in [0.4, 0.5) is 0 Å². The van der Waals surface area contributed by atoms with Gasteiger partial charge in [0.2, 0.25) is 0 Å². The molecule has 0 radical (unpaired) electrons. The minimum atomic E-state index is 0.336. The van der Waals surface area contributed by atoms with Gasteiger partial charge in [-0.1, -0.05) is 6.92 Å². The Morgan fingerprint density at radius 2 is 1.95 bits per heavy atom. The van der Waals surface area contributed by atoms with E-state index in [9.17, 15) is 0 Å². The minimum Gasteiger partial charge on any atom is -0.305 e. The van der Waals surface area contributed by atoms with E-state index >= 15 is 0 Å². The molecule has 0 spiro atoms. The van der Waals surface area contributed by atoms with Crippen LogP contribution in [0.5, 0.6) is 0 Å². The second-order valence-electron chi connectivity index (χ2n) is 5.22. The predicted octanol–water partition coefficient (Wildman–Crippen LogP) is 3.99. The Labute approximate surface area is 126 Å². The van der Waals surface area contributed by atoms with Crippen LogP contribution in [0.1, 0.15) is 53.5 Å². The summed E-state index contributed by atoms with van der Waals surface area (Å²) in [6, 6.07) is 4.80. The average Bonchev–Trinajstić information content (AvgIpc) is 3.00. The third kappa shape index (κ3) is 3.13. The average molecular weight is 291 g/mol. The maximum Gasteiger partial charge on any atom is 0.0644 e. The fourth-order valence-electron chi connectivity index (χ4n) is 2.71. The first-order valence-electron chi connectivity index (χ1n) is 7.41. The van der Waals surface area contributed by atoms with Gasteiger partial charge in [0.1, 0.15) is 0 Å². The standard InChI is InChI=1S/C16H25N3S/c1-6-14-8-9-15(20-14)10-17-11(3)16-12(4)18-19(7-2)13(16)5/h8-9,11,17H,6-7,10H2,1-5H3. The molecule has 110 valence electrons. The summed E-state index contributed by atoms with van der Waals surface area (Å²) >= 11 is 1.90. The van der Waals surface area contributed by atoms with Crippen LogP contribution in [0.15, 0.2) is 12.1 Å². The zero-order valence-corrected chi connectivity index (χ0v) is 14.0. The van der Waals surface area contributed by atoms with Crippen molar-refractivity contribution in [3.05, 3.63) is 38.8 Å². The van der Waals surface area contributed by atoms with Gasteiger partial charge in [0.15, 0.2) is 0 Å². The van der Waals surface area contributed by atoms with Gasteiger partial charge in [0, 0.05) is 40.1 Å². The molecule has 0 aromatic carbocycles. The summed E-state index contributed by atoms with van der Waals surface area (Å²) in [7, 11) is 0. The van der Waals surface area contributed by atoms with Crippen LogP contribution in [-0.4, -0.2) is 9.78 Å². The molecule has 4 heteroatoms. The molecular formula is C16H25N3S. The zero-order valence-electron chi connectivity index (χ0n) is 13.2. The lowest BCUT2D eigenvalue weighted by Gasteiger charge is -2.14. The van der Waals surface area contributed by atoms with Crippen molar-refractivity contribution in [1.82, 2.24) is 15.1 Å². The second-order valence-corrected chi connectivity index (χ2v) is 6.48. The Morgan fingerprint density at radius 3 is 2.50 bits per heavy atom. The lowest BCUT2D eigenvalue weighted by atomic mass is 10.1. The summed E-state index contributed by atoms with van der Waals surface area (Å²) in [4.78, 5) is 2.87. The minimum absolute atomic E-state index is 0.336. The van der Waals surface area contributed by atoms with Crippen LogP contribution in [0.2, 0.25) is 0 Å². The maximum absolute atomic E-state index is 4.60. The molecule has 0 bridgehead atoms. The lowest BCUT2D eigenvalue weighted by Crippen LogP contribution is -2.18. The summed E-state index contributed by atoms with van der Waals surface area (Å²) in [6.07, 6.45) is 1.13. The number of hydrogen-bond acceptors (Lipinski definition) is 3. The Morgan fingerprint density at radius 1 is 1.25 bits per heavy atom. The normalized spacial score (nSPS) is 12.8. The van der Waals surface area contributed by atoms with Crippen LogP contribution in [0.3, 0.4) is 0 Å². The molecule has 0 aliphatic carbocycles. The number of rotatable bonds is 6. The van der Waals surface area contributed by atoms with E-state index in [1.165, 1.54) is 21.0 Å². The van der Waals surface area contributed by atoms with Crippen molar-refractivity contribution in [2.24, 2.45) is 0 Å². The van der Waals surface area contributed by atoms with E-state index in [4.69, 9.17) is 0 Å². The first-order valence-corrected chi connectivity index (χ1v) is 8.23. The van der Waals surface area contributed by atoms with Crippen molar-refractivity contribution >= 4 is 11.3 Å². The highest BCUT2D eigenvalue weighted by Gasteiger charge is 2.16. The summed E-state index contributed by atoms with van der Waals surface area (Å²) in [6.45, 7) is 12.7. The van der Waals surface area contributed by atoms with Gasteiger partial charge in [-0.05, 0) is 46.2 Å². The van der Waals surface area contributed by atoms with Crippen LogP contribution in [0.25, 0.3) is 0 Å². The van der Waals surface area contributed by atoms with E-state index in [1.54, 1.807) is 0 Å².